The van der Waals surface area contributed by atoms with Crippen LogP contribution in [-0.4, -0.2) is 54.7 Å². The van der Waals surface area contributed by atoms with Gasteiger partial charge in [0.05, 0.1) is 34.0 Å². The van der Waals surface area contributed by atoms with Gasteiger partial charge in [-0.1, -0.05) is 99.6 Å². The normalized spacial score (nSPS) is 27.3. The summed E-state index contributed by atoms with van der Waals surface area (Å²) in [5.41, 5.74) is 11.1. The molecular formula is C26H37N3O5Si. The summed E-state index contributed by atoms with van der Waals surface area (Å²) in [5, 5.41) is 25.4. The van der Waals surface area contributed by atoms with Crippen molar-refractivity contribution in [3.63, 3.8) is 0 Å². The summed E-state index contributed by atoms with van der Waals surface area (Å²) in [4.78, 5) is 2.93. The molecule has 0 bridgehead atoms. The van der Waals surface area contributed by atoms with Crippen molar-refractivity contribution in [3.8, 4) is 0 Å². The molecule has 3 rings (SSSR count). The molecule has 1 unspecified atom stereocenters. The average Bonchev–Trinajstić information content (AvgIpc) is 2.82. The molecule has 35 heavy (non-hydrogen) atoms. The lowest BCUT2D eigenvalue weighted by Gasteiger charge is -2.59. The molecular weight excluding hydrogens is 462 g/mol. The zero-order valence-corrected chi connectivity index (χ0v) is 22.2. The quantitative estimate of drug-likeness (QED) is 0.219. The molecule has 190 valence electrons. The highest BCUT2D eigenvalue weighted by Gasteiger charge is 2.66. The van der Waals surface area contributed by atoms with E-state index in [1.54, 1.807) is 0 Å². The summed E-state index contributed by atoms with van der Waals surface area (Å²) >= 11 is 0. The second-order valence-corrected chi connectivity index (χ2v) is 16.2. The minimum atomic E-state index is -2.69. The molecule has 5 atom stereocenters. The van der Waals surface area contributed by atoms with Crippen molar-refractivity contribution in [2.45, 2.75) is 81.9 Å². The van der Waals surface area contributed by atoms with Crippen LogP contribution in [0.1, 0.15) is 31.9 Å². The fourth-order valence-corrected chi connectivity index (χ4v) is 7.62. The highest BCUT2D eigenvalue weighted by molar-refractivity contribution is 6.83. The van der Waals surface area contributed by atoms with Crippen molar-refractivity contribution in [2.75, 3.05) is 6.61 Å². The van der Waals surface area contributed by atoms with E-state index in [-0.39, 0.29) is 18.3 Å². The molecule has 1 fully saturated rings. The number of nitrogens with zero attached hydrogens (tertiary/aromatic N) is 3. The number of azide groups is 1. The predicted molar refractivity (Wildman–Crippen MR) is 137 cm³/mol. The molecule has 1 saturated heterocycles. The maximum absolute atomic E-state index is 12.6. The standard InChI is InChI=1S/C26H37N3O5Si/c1-25(2,3)35(4,5)26(31)21(18-32-16-19-12-8-6-9-13-19)34-24(30)22(28-29-27)23(26)33-17-20-14-10-7-11-15-20/h6-15,21-24,30-31H,16-18H2,1-5H3/t21-,22-,23-,24?,26+/m1/s1. The lowest BCUT2D eigenvalue weighted by molar-refractivity contribution is -0.279. The second-order valence-electron chi connectivity index (χ2n) is 10.6. The lowest BCUT2D eigenvalue weighted by Crippen LogP contribution is -2.78. The van der Waals surface area contributed by atoms with Crippen LogP contribution in [0.25, 0.3) is 10.4 Å². The van der Waals surface area contributed by atoms with Gasteiger partial charge >= 0.3 is 0 Å². The Labute approximate surface area is 208 Å². The summed E-state index contributed by atoms with van der Waals surface area (Å²) < 4.78 is 18.2. The number of benzene rings is 2. The fraction of sp³-hybridized carbons (Fsp3) is 0.538. The van der Waals surface area contributed by atoms with Crippen LogP contribution in [0.4, 0.5) is 0 Å². The van der Waals surface area contributed by atoms with E-state index in [2.05, 4.69) is 43.9 Å². The van der Waals surface area contributed by atoms with E-state index in [1.165, 1.54) is 0 Å². The third-order valence-corrected chi connectivity index (χ3v) is 13.9. The number of aliphatic hydroxyl groups is 2. The summed E-state index contributed by atoms with van der Waals surface area (Å²) in [6.07, 6.45) is -3.32. The van der Waals surface area contributed by atoms with E-state index >= 15 is 0 Å². The summed E-state index contributed by atoms with van der Waals surface area (Å²) in [5.74, 6) is 0. The van der Waals surface area contributed by atoms with Crippen LogP contribution in [0, 0.1) is 0 Å². The average molecular weight is 500 g/mol. The third-order valence-electron chi connectivity index (χ3n) is 7.55. The van der Waals surface area contributed by atoms with Gasteiger partial charge in [0, 0.05) is 4.91 Å². The Kier molecular flexibility index (Phi) is 8.77. The molecule has 2 aromatic rings. The van der Waals surface area contributed by atoms with Crippen LogP contribution in [0.2, 0.25) is 18.1 Å². The molecule has 0 spiro atoms. The minimum absolute atomic E-state index is 0.0448. The monoisotopic (exact) mass is 499 g/mol. The topological polar surface area (TPSA) is 117 Å². The number of rotatable bonds is 9. The molecule has 2 N–H and O–H groups in total. The fourth-order valence-electron chi connectivity index (χ4n) is 4.49. The first-order valence-electron chi connectivity index (χ1n) is 11.9. The van der Waals surface area contributed by atoms with Crippen LogP contribution in [0.5, 0.6) is 0 Å². The Balaban J connectivity index is 1.98. The Morgan fingerprint density at radius 1 is 1.03 bits per heavy atom. The van der Waals surface area contributed by atoms with Gasteiger partial charge in [-0.2, -0.15) is 0 Å². The maximum Gasteiger partial charge on any atom is 0.166 e. The van der Waals surface area contributed by atoms with Crippen LogP contribution < -0.4 is 0 Å². The van der Waals surface area contributed by atoms with E-state index in [0.717, 1.165) is 11.1 Å². The Hall–Kier alpha value is -2.23. The van der Waals surface area contributed by atoms with Crippen LogP contribution in [0.3, 0.4) is 0 Å². The summed E-state index contributed by atoms with van der Waals surface area (Å²) in [6, 6.07) is 18.2. The van der Waals surface area contributed by atoms with Gasteiger partial charge in [-0.3, -0.25) is 0 Å². The first-order valence-corrected chi connectivity index (χ1v) is 14.9. The SMILES string of the molecule is CC(C)(C)[Si](C)(C)[C@]1(O)[C@H](OCc2ccccc2)[C@@H](N=[N+]=[N-])C(O)O[C@@H]1COCc1ccccc1. The first-order chi connectivity index (χ1) is 16.5. The molecule has 0 amide bonds. The van der Waals surface area contributed by atoms with Gasteiger partial charge in [-0.25, -0.2) is 0 Å². The van der Waals surface area contributed by atoms with Crippen molar-refractivity contribution in [3.05, 3.63) is 82.2 Å². The highest BCUT2D eigenvalue weighted by atomic mass is 28.3. The molecule has 1 aliphatic heterocycles. The molecule has 2 aromatic carbocycles. The Morgan fingerprint density at radius 3 is 2.09 bits per heavy atom. The Bertz CT molecular complexity index is 995. The lowest BCUT2D eigenvalue weighted by atomic mass is 9.96. The van der Waals surface area contributed by atoms with E-state index in [0.29, 0.717) is 6.61 Å². The van der Waals surface area contributed by atoms with E-state index in [1.807, 2.05) is 60.7 Å². The maximum atomic E-state index is 12.6. The van der Waals surface area contributed by atoms with Crippen molar-refractivity contribution in [2.24, 2.45) is 5.11 Å². The predicted octanol–water partition coefficient (Wildman–Crippen LogP) is 4.96. The van der Waals surface area contributed by atoms with Crippen LogP contribution >= 0.6 is 0 Å². The molecule has 0 radical (unpaired) electrons. The van der Waals surface area contributed by atoms with Crippen molar-refractivity contribution in [1.82, 2.24) is 0 Å². The molecule has 8 nitrogen and oxygen atoms in total. The largest absolute Gasteiger partial charge is 0.388 e. The molecule has 1 heterocycles. The summed E-state index contributed by atoms with van der Waals surface area (Å²) in [7, 11) is -2.69. The van der Waals surface area contributed by atoms with Crippen molar-refractivity contribution < 1.29 is 24.4 Å². The molecule has 0 aliphatic carbocycles. The highest BCUT2D eigenvalue weighted by Crippen LogP contribution is 2.50. The zero-order valence-electron chi connectivity index (χ0n) is 21.2. The number of hydrogen-bond donors (Lipinski definition) is 2. The van der Waals surface area contributed by atoms with Gasteiger partial charge < -0.3 is 24.4 Å². The Morgan fingerprint density at radius 2 is 1.57 bits per heavy atom. The van der Waals surface area contributed by atoms with E-state index < -0.39 is 37.8 Å². The zero-order chi connectivity index (χ0) is 25.7. The van der Waals surface area contributed by atoms with E-state index in [9.17, 15) is 15.7 Å². The van der Waals surface area contributed by atoms with Gasteiger partial charge in [-0.15, -0.1) is 0 Å². The molecule has 9 heteroatoms. The summed E-state index contributed by atoms with van der Waals surface area (Å²) in [6.45, 7) is 11.0. The van der Waals surface area contributed by atoms with Gasteiger partial charge in [0.2, 0.25) is 0 Å². The van der Waals surface area contributed by atoms with Crippen molar-refractivity contribution >= 4 is 8.07 Å². The third kappa shape index (κ3) is 5.78. The minimum Gasteiger partial charge on any atom is -0.388 e. The van der Waals surface area contributed by atoms with E-state index in [4.69, 9.17) is 14.2 Å². The van der Waals surface area contributed by atoms with Gasteiger partial charge in [0.25, 0.3) is 0 Å². The molecule has 0 aromatic heterocycles. The smallest absolute Gasteiger partial charge is 0.166 e. The number of hydrogen-bond acceptors (Lipinski definition) is 6. The van der Waals surface area contributed by atoms with Gasteiger partial charge in [0.15, 0.2) is 6.29 Å². The molecule has 1 aliphatic rings. The van der Waals surface area contributed by atoms with Gasteiger partial charge in [0.1, 0.15) is 17.4 Å². The molecule has 0 saturated carbocycles. The van der Waals surface area contributed by atoms with Crippen LogP contribution in [0.15, 0.2) is 65.8 Å². The number of aliphatic hydroxyl groups excluding tert-OH is 1. The first kappa shape index (κ1) is 27.4. The number of ether oxygens (including phenoxy) is 3. The van der Waals surface area contributed by atoms with Gasteiger partial charge in [-0.05, 0) is 21.7 Å². The van der Waals surface area contributed by atoms with Crippen LogP contribution in [-0.2, 0) is 27.4 Å². The van der Waals surface area contributed by atoms with Crippen molar-refractivity contribution in [1.29, 1.82) is 0 Å². The second kappa shape index (κ2) is 11.2.